The molecule has 0 spiro atoms. The molecule has 0 heterocycles. The highest BCUT2D eigenvalue weighted by atomic mass is 16.4. The van der Waals surface area contributed by atoms with Gasteiger partial charge in [-0.2, -0.15) is 0 Å². The zero-order chi connectivity index (χ0) is 9.14. The van der Waals surface area contributed by atoms with Crippen LogP contribution in [0.4, 0.5) is 0 Å². The number of ketones is 1. The lowest BCUT2D eigenvalue weighted by Gasteiger charge is -2.20. The molecule has 0 amide bonds. The normalized spacial score (nSPS) is 23.7. The number of carboxylic acids is 1. The van der Waals surface area contributed by atoms with Crippen LogP contribution < -0.4 is 0 Å². The second-order valence-electron chi connectivity index (χ2n) is 3.16. The van der Waals surface area contributed by atoms with Crippen LogP contribution in [0.2, 0.25) is 0 Å². The van der Waals surface area contributed by atoms with Crippen molar-refractivity contribution in [1.82, 2.24) is 0 Å². The Bertz CT molecular complexity index is 230. The summed E-state index contributed by atoms with van der Waals surface area (Å²) in [6.07, 6.45) is 2.56. The van der Waals surface area contributed by atoms with Crippen LogP contribution in [0.5, 0.6) is 0 Å². The SMILES string of the molecule is C=C(C(=O)O)C1CCCC(=O)C1. The van der Waals surface area contributed by atoms with E-state index in [1.807, 2.05) is 0 Å². The molecule has 1 aliphatic carbocycles. The van der Waals surface area contributed by atoms with Crippen molar-refractivity contribution in [2.75, 3.05) is 0 Å². The van der Waals surface area contributed by atoms with Crippen molar-refractivity contribution in [2.24, 2.45) is 5.92 Å². The highest BCUT2D eigenvalue weighted by molar-refractivity contribution is 5.88. The first kappa shape index (κ1) is 8.97. The number of hydrogen-bond acceptors (Lipinski definition) is 2. The third kappa shape index (κ3) is 1.94. The van der Waals surface area contributed by atoms with E-state index in [1.165, 1.54) is 0 Å². The molecule has 1 N–H and O–H groups in total. The Morgan fingerprint density at radius 3 is 2.75 bits per heavy atom. The van der Waals surface area contributed by atoms with Crippen molar-refractivity contribution in [3.8, 4) is 0 Å². The average Bonchev–Trinajstić information content (AvgIpc) is 2.03. The first-order chi connectivity index (χ1) is 5.61. The van der Waals surface area contributed by atoms with Crippen molar-refractivity contribution in [1.29, 1.82) is 0 Å². The molecule has 1 saturated carbocycles. The topological polar surface area (TPSA) is 54.4 Å². The lowest BCUT2D eigenvalue weighted by Crippen LogP contribution is -2.20. The van der Waals surface area contributed by atoms with E-state index >= 15 is 0 Å². The Labute approximate surface area is 71.1 Å². The summed E-state index contributed by atoms with van der Waals surface area (Å²) < 4.78 is 0. The second-order valence-corrected chi connectivity index (χ2v) is 3.16. The molecule has 1 rings (SSSR count). The van der Waals surface area contributed by atoms with Crippen molar-refractivity contribution in [3.63, 3.8) is 0 Å². The van der Waals surface area contributed by atoms with Gasteiger partial charge in [0.2, 0.25) is 0 Å². The zero-order valence-corrected chi connectivity index (χ0v) is 6.88. The smallest absolute Gasteiger partial charge is 0.331 e. The fourth-order valence-electron chi connectivity index (χ4n) is 1.50. The number of hydrogen-bond donors (Lipinski definition) is 1. The summed E-state index contributed by atoms with van der Waals surface area (Å²) in [5.74, 6) is -0.938. The summed E-state index contributed by atoms with van der Waals surface area (Å²) in [7, 11) is 0. The van der Waals surface area contributed by atoms with E-state index in [-0.39, 0.29) is 17.3 Å². The lowest BCUT2D eigenvalue weighted by molar-refractivity contribution is -0.133. The molecule has 0 aromatic rings. The van der Waals surface area contributed by atoms with E-state index in [9.17, 15) is 9.59 Å². The summed E-state index contributed by atoms with van der Waals surface area (Å²) in [6, 6.07) is 0. The van der Waals surface area contributed by atoms with E-state index in [0.717, 1.165) is 12.8 Å². The van der Waals surface area contributed by atoms with Crippen LogP contribution >= 0.6 is 0 Å². The van der Waals surface area contributed by atoms with Crippen LogP contribution in [-0.2, 0) is 9.59 Å². The van der Waals surface area contributed by atoms with Gasteiger partial charge in [0.1, 0.15) is 5.78 Å². The predicted octanol–water partition coefficient (Wildman–Crippen LogP) is 1.39. The summed E-state index contributed by atoms with van der Waals surface area (Å²) >= 11 is 0. The number of carbonyl (C=O) groups is 2. The molecular formula is C9H12O3. The summed E-state index contributed by atoms with van der Waals surface area (Å²) in [5, 5.41) is 8.61. The van der Waals surface area contributed by atoms with Crippen molar-refractivity contribution in [3.05, 3.63) is 12.2 Å². The van der Waals surface area contributed by atoms with Crippen LogP contribution in [0.25, 0.3) is 0 Å². The van der Waals surface area contributed by atoms with Gasteiger partial charge in [-0.15, -0.1) is 0 Å². The minimum atomic E-state index is -0.977. The van der Waals surface area contributed by atoms with Gasteiger partial charge in [0.25, 0.3) is 0 Å². The minimum Gasteiger partial charge on any atom is -0.478 e. The minimum absolute atomic E-state index is 0.122. The van der Waals surface area contributed by atoms with Crippen LogP contribution in [0, 0.1) is 5.92 Å². The fourth-order valence-corrected chi connectivity index (χ4v) is 1.50. The molecule has 12 heavy (non-hydrogen) atoms. The Morgan fingerprint density at radius 2 is 2.25 bits per heavy atom. The maximum absolute atomic E-state index is 11.0. The van der Waals surface area contributed by atoms with Gasteiger partial charge in [-0.3, -0.25) is 4.79 Å². The molecule has 0 aliphatic heterocycles. The highest BCUT2D eigenvalue weighted by Gasteiger charge is 2.24. The molecule has 66 valence electrons. The van der Waals surface area contributed by atoms with E-state index in [4.69, 9.17) is 5.11 Å². The van der Waals surface area contributed by atoms with E-state index in [0.29, 0.717) is 12.8 Å². The number of aliphatic carboxylic acids is 1. The lowest BCUT2D eigenvalue weighted by atomic mass is 9.84. The van der Waals surface area contributed by atoms with Crippen LogP contribution in [0.1, 0.15) is 25.7 Å². The third-order valence-electron chi connectivity index (χ3n) is 2.25. The van der Waals surface area contributed by atoms with Gasteiger partial charge in [0.15, 0.2) is 0 Å². The van der Waals surface area contributed by atoms with Gasteiger partial charge in [0, 0.05) is 18.4 Å². The Hall–Kier alpha value is -1.12. The molecule has 1 aliphatic rings. The molecule has 0 radical (unpaired) electrons. The van der Waals surface area contributed by atoms with Crippen molar-refractivity contribution >= 4 is 11.8 Å². The van der Waals surface area contributed by atoms with Gasteiger partial charge in [0.05, 0.1) is 0 Å². The van der Waals surface area contributed by atoms with Crippen molar-refractivity contribution in [2.45, 2.75) is 25.7 Å². The van der Waals surface area contributed by atoms with Gasteiger partial charge in [-0.25, -0.2) is 4.79 Å². The highest BCUT2D eigenvalue weighted by Crippen LogP contribution is 2.26. The first-order valence-electron chi connectivity index (χ1n) is 4.05. The molecule has 3 heteroatoms. The number of carboxylic acid groups (broad SMARTS) is 1. The van der Waals surface area contributed by atoms with E-state index in [1.54, 1.807) is 0 Å². The molecule has 1 fully saturated rings. The first-order valence-corrected chi connectivity index (χ1v) is 4.05. The largest absolute Gasteiger partial charge is 0.478 e. The van der Waals surface area contributed by atoms with Crippen LogP contribution in [0.3, 0.4) is 0 Å². The zero-order valence-electron chi connectivity index (χ0n) is 6.88. The van der Waals surface area contributed by atoms with Gasteiger partial charge in [-0.1, -0.05) is 6.58 Å². The molecule has 1 unspecified atom stereocenters. The Morgan fingerprint density at radius 1 is 1.58 bits per heavy atom. The molecule has 1 atom stereocenters. The number of carbonyl (C=O) groups excluding carboxylic acids is 1. The molecule has 0 aromatic carbocycles. The van der Waals surface area contributed by atoms with Crippen LogP contribution in [0.15, 0.2) is 12.2 Å². The monoisotopic (exact) mass is 168 g/mol. The predicted molar refractivity (Wildman–Crippen MR) is 43.7 cm³/mol. The third-order valence-corrected chi connectivity index (χ3v) is 2.25. The summed E-state index contributed by atoms with van der Waals surface area (Å²) in [5.41, 5.74) is 0.183. The van der Waals surface area contributed by atoms with Gasteiger partial charge in [-0.05, 0) is 18.8 Å². The number of Topliss-reactive ketones (excluding diaryl/α,β-unsaturated/α-hetero) is 1. The maximum Gasteiger partial charge on any atom is 0.331 e. The molecule has 0 bridgehead atoms. The van der Waals surface area contributed by atoms with E-state index < -0.39 is 5.97 Å². The summed E-state index contributed by atoms with van der Waals surface area (Å²) in [6.45, 7) is 3.46. The van der Waals surface area contributed by atoms with E-state index in [2.05, 4.69) is 6.58 Å². The molecule has 3 nitrogen and oxygen atoms in total. The Balaban J connectivity index is 2.57. The van der Waals surface area contributed by atoms with Gasteiger partial charge < -0.3 is 5.11 Å². The Kier molecular flexibility index (Phi) is 2.63. The number of rotatable bonds is 2. The maximum atomic E-state index is 11.0. The molecule has 0 aromatic heterocycles. The second kappa shape index (κ2) is 3.52. The van der Waals surface area contributed by atoms with Crippen LogP contribution in [-0.4, -0.2) is 16.9 Å². The average molecular weight is 168 g/mol. The van der Waals surface area contributed by atoms with Crippen molar-refractivity contribution < 1.29 is 14.7 Å². The quantitative estimate of drug-likeness (QED) is 0.634. The summed E-state index contributed by atoms with van der Waals surface area (Å²) in [4.78, 5) is 21.5. The standard InChI is InChI=1S/C9H12O3/c1-6(9(11)12)7-3-2-4-8(10)5-7/h7H,1-5H2,(H,11,12). The molecular weight excluding hydrogens is 156 g/mol. The fraction of sp³-hybridized carbons (Fsp3) is 0.556. The van der Waals surface area contributed by atoms with Gasteiger partial charge >= 0.3 is 5.97 Å². The molecule has 0 saturated heterocycles.